The molecule has 76 valence electrons. The average molecular weight is 204 g/mol. The van der Waals surface area contributed by atoms with Crippen molar-refractivity contribution < 1.29 is 4.92 Å². The summed E-state index contributed by atoms with van der Waals surface area (Å²) in [4.78, 5) is 21.7. The summed E-state index contributed by atoms with van der Waals surface area (Å²) in [6.45, 7) is 0. The number of non-ortho nitro benzene ring substituents is 1. The topological polar surface area (TPSA) is 65.1 Å². The Morgan fingerprint density at radius 2 is 2.07 bits per heavy atom. The minimum atomic E-state index is -0.538. The third-order valence-corrected chi connectivity index (χ3v) is 2.29. The highest BCUT2D eigenvalue weighted by Gasteiger charge is 2.14. The maximum Gasteiger partial charge on any atom is 0.282 e. The second-order valence-corrected chi connectivity index (χ2v) is 3.22. The van der Waals surface area contributed by atoms with E-state index in [1.807, 2.05) is 0 Å². The van der Waals surface area contributed by atoms with Gasteiger partial charge < -0.3 is 4.57 Å². The molecule has 0 aliphatic carbocycles. The van der Waals surface area contributed by atoms with Crippen LogP contribution in [-0.2, 0) is 7.05 Å². The smallest absolute Gasteiger partial charge is 0.282 e. The molecule has 0 bridgehead atoms. The van der Waals surface area contributed by atoms with Gasteiger partial charge in [-0.25, -0.2) is 0 Å². The Morgan fingerprint density at radius 3 is 2.73 bits per heavy atom. The van der Waals surface area contributed by atoms with Crippen molar-refractivity contribution in [1.82, 2.24) is 4.57 Å². The molecule has 5 heteroatoms. The Balaban J connectivity index is 3.03. The molecule has 0 unspecified atom stereocenters. The number of aryl methyl sites for hydroxylation is 1. The molecule has 5 nitrogen and oxygen atoms in total. The van der Waals surface area contributed by atoms with Crippen LogP contribution in [0.1, 0.15) is 0 Å². The minimum absolute atomic E-state index is 0.145. The third kappa shape index (κ3) is 1.38. The fraction of sp³-hybridized carbons (Fsp3) is 0.100. The van der Waals surface area contributed by atoms with E-state index in [0.717, 1.165) is 0 Å². The summed E-state index contributed by atoms with van der Waals surface area (Å²) in [5.74, 6) is 0. The van der Waals surface area contributed by atoms with Crippen molar-refractivity contribution in [3.63, 3.8) is 0 Å². The van der Waals surface area contributed by atoms with Gasteiger partial charge in [0.05, 0.1) is 10.4 Å². The van der Waals surface area contributed by atoms with Gasteiger partial charge in [-0.3, -0.25) is 14.9 Å². The molecule has 0 aliphatic heterocycles. The normalized spacial score (nSPS) is 10.5. The van der Waals surface area contributed by atoms with Gasteiger partial charge in [0.25, 0.3) is 5.69 Å². The number of rotatable bonds is 1. The first-order valence-corrected chi connectivity index (χ1v) is 4.34. The maximum absolute atomic E-state index is 11.5. The highest BCUT2D eigenvalue weighted by molar-refractivity contribution is 5.87. The lowest BCUT2D eigenvalue weighted by molar-refractivity contribution is -0.383. The van der Waals surface area contributed by atoms with Crippen LogP contribution in [0.25, 0.3) is 10.9 Å². The van der Waals surface area contributed by atoms with Crippen LogP contribution >= 0.6 is 0 Å². The maximum atomic E-state index is 11.5. The molecule has 1 heterocycles. The van der Waals surface area contributed by atoms with E-state index in [0.29, 0.717) is 5.52 Å². The molecule has 2 rings (SSSR count). The second kappa shape index (κ2) is 3.20. The predicted molar refractivity (Wildman–Crippen MR) is 55.8 cm³/mol. The summed E-state index contributed by atoms with van der Waals surface area (Å²) >= 11 is 0. The standard InChI is InChI=1S/C10H8N2O3/c1-11-6-5-9(13)10-7(11)3-2-4-8(10)12(14)15/h2-6H,1H3. The Labute approximate surface area is 84.7 Å². The van der Waals surface area contributed by atoms with Crippen LogP contribution in [0.5, 0.6) is 0 Å². The molecule has 15 heavy (non-hydrogen) atoms. The molecule has 0 amide bonds. The zero-order valence-corrected chi connectivity index (χ0v) is 8.01. The molecule has 0 N–H and O–H groups in total. The van der Waals surface area contributed by atoms with Gasteiger partial charge in [-0.1, -0.05) is 6.07 Å². The largest absolute Gasteiger partial charge is 0.350 e. The minimum Gasteiger partial charge on any atom is -0.350 e. The summed E-state index contributed by atoms with van der Waals surface area (Å²) < 4.78 is 1.68. The molecule has 0 spiro atoms. The van der Waals surface area contributed by atoms with Crippen molar-refractivity contribution in [2.24, 2.45) is 7.05 Å². The van der Waals surface area contributed by atoms with Gasteiger partial charge in [0.1, 0.15) is 5.39 Å². The Hall–Kier alpha value is -2.17. The van der Waals surface area contributed by atoms with Crippen molar-refractivity contribution in [2.45, 2.75) is 0 Å². The number of nitrogens with zero attached hydrogens (tertiary/aromatic N) is 2. The van der Waals surface area contributed by atoms with E-state index in [-0.39, 0.29) is 16.5 Å². The van der Waals surface area contributed by atoms with Crippen molar-refractivity contribution in [3.8, 4) is 0 Å². The summed E-state index contributed by atoms with van der Waals surface area (Å²) in [6.07, 6.45) is 1.59. The fourth-order valence-corrected chi connectivity index (χ4v) is 1.57. The van der Waals surface area contributed by atoms with E-state index in [9.17, 15) is 14.9 Å². The first-order valence-electron chi connectivity index (χ1n) is 4.34. The molecule has 2 aromatic rings. The quantitative estimate of drug-likeness (QED) is 0.521. The van der Waals surface area contributed by atoms with Crippen LogP contribution in [0, 0.1) is 10.1 Å². The highest BCUT2D eigenvalue weighted by atomic mass is 16.6. The van der Waals surface area contributed by atoms with Crippen LogP contribution in [0.3, 0.4) is 0 Å². The van der Waals surface area contributed by atoms with Crippen molar-refractivity contribution >= 4 is 16.6 Å². The summed E-state index contributed by atoms with van der Waals surface area (Å²) in [5.41, 5.74) is 0.0980. The van der Waals surface area contributed by atoms with Gasteiger partial charge in [0.2, 0.25) is 0 Å². The number of nitro groups is 1. The van der Waals surface area contributed by atoms with E-state index < -0.39 is 4.92 Å². The van der Waals surface area contributed by atoms with Crippen molar-refractivity contribution in [1.29, 1.82) is 0 Å². The zero-order valence-electron chi connectivity index (χ0n) is 8.01. The molecule has 0 saturated carbocycles. The SMILES string of the molecule is Cn1ccc(=O)c2c([N+](=O)[O-])cccc21. The number of benzene rings is 1. The Bertz CT molecular complexity index is 601. The lowest BCUT2D eigenvalue weighted by Gasteiger charge is -2.03. The highest BCUT2D eigenvalue weighted by Crippen LogP contribution is 2.21. The predicted octanol–water partition coefficient (Wildman–Crippen LogP) is 1.45. The van der Waals surface area contributed by atoms with Gasteiger partial charge in [-0.2, -0.15) is 0 Å². The number of aromatic nitrogens is 1. The van der Waals surface area contributed by atoms with Crippen LogP contribution in [0.2, 0.25) is 0 Å². The number of nitro benzene ring substituents is 1. The summed E-state index contributed by atoms with van der Waals surface area (Å²) in [7, 11) is 1.74. The molecule has 0 aliphatic rings. The van der Waals surface area contributed by atoms with E-state index in [4.69, 9.17) is 0 Å². The van der Waals surface area contributed by atoms with E-state index in [1.165, 1.54) is 12.1 Å². The molecule has 1 aromatic heterocycles. The number of fused-ring (bicyclic) bond motifs is 1. The van der Waals surface area contributed by atoms with E-state index >= 15 is 0 Å². The first-order chi connectivity index (χ1) is 7.11. The average Bonchev–Trinajstić information content (AvgIpc) is 2.23. The molecular weight excluding hydrogens is 196 g/mol. The number of pyridine rings is 1. The molecule has 0 fully saturated rings. The van der Waals surface area contributed by atoms with Gasteiger partial charge in [-0.05, 0) is 6.07 Å². The Morgan fingerprint density at radius 1 is 1.33 bits per heavy atom. The van der Waals surface area contributed by atoms with Crippen LogP contribution in [0.15, 0.2) is 35.3 Å². The zero-order chi connectivity index (χ0) is 11.0. The van der Waals surface area contributed by atoms with Gasteiger partial charge in [0.15, 0.2) is 5.43 Å². The monoisotopic (exact) mass is 204 g/mol. The van der Waals surface area contributed by atoms with Crippen LogP contribution in [-0.4, -0.2) is 9.49 Å². The van der Waals surface area contributed by atoms with E-state index in [1.54, 1.807) is 29.9 Å². The van der Waals surface area contributed by atoms with E-state index in [2.05, 4.69) is 0 Å². The van der Waals surface area contributed by atoms with Gasteiger partial charge in [0, 0.05) is 25.4 Å². The Kier molecular flexibility index (Phi) is 2.00. The molecule has 1 aromatic carbocycles. The van der Waals surface area contributed by atoms with Crippen LogP contribution < -0.4 is 5.43 Å². The van der Waals surface area contributed by atoms with Gasteiger partial charge >= 0.3 is 0 Å². The van der Waals surface area contributed by atoms with Crippen molar-refractivity contribution in [2.75, 3.05) is 0 Å². The lowest BCUT2D eigenvalue weighted by atomic mass is 10.2. The van der Waals surface area contributed by atoms with Crippen LogP contribution in [0.4, 0.5) is 5.69 Å². The molecule has 0 radical (unpaired) electrons. The molecule has 0 atom stereocenters. The second-order valence-electron chi connectivity index (χ2n) is 3.22. The number of hydrogen-bond donors (Lipinski definition) is 0. The van der Waals surface area contributed by atoms with Gasteiger partial charge in [-0.15, -0.1) is 0 Å². The first kappa shape index (κ1) is 9.39. The lowest BCUT2D eigenvalue weighted by Crippen LogP contribution is -2.07. The van der Waals surface area contributed by atoms with Crippen molar-refractivity contribution in [3.05, 3.63) is 50.8 Å². The third-order valence-electron chi connectivity index (χ3n) is 2.29. The molecular formula is C10H8N2O3. The fourth-order valence-electron chi connectivity index (χ4n) is 1.57. The number of hydrogen-bond acceptors (Lipinski definition) is 3. The summed E-state index contributed by atoms with van der Waals surface area (Å²) in [6, 6.07) is 5.92. The molecule has 0 saturated heterocycles. The summed E-state index contributed by atoms with van der Waals surface area (Å²) in [5, 5.41) is 10.9.